The maximum atomic E-state index is 13.0. The predicted molar refractivity (Wildman–Crippen MR) is 136 cm³/mol. The molecular weight excluding hydrogens is 524 g/mol. The van der Waals surface area contributed by atoms with Gasteiger partial charge in [0.15, 0.2) is 6.29 Å². The van der Waals surface area contributed by atoms with Crippen molar-refractivity contribution in [3.8, 4) is 0 Å². The Hall–Kier alpha value is -1.44. The average Bonchev–Trinajstić information content (AvgIpc) is 3.46. The Kier molecular flexibility index (Phi) is 6.83. The lowest BCUT2D eigenvalue weighted by atomic mass is 9.41. The summed E-state index contributed by atoms with van der Waals surface area (Å²) >= 11 is 0. The number of fused-ring (bicyclic) bond motifs is 5. The monoisotopic (exact) mass is 566 g/mol. The first-order valence-corrected chi connectivity index (χ1v) is 14.6. The maximum Gasteiger partial charge on any atom is 0.331 e. The fraction of sp³-hybridized carbons (Fsp3) is 0.862. The quantitative estimate of drug-likeness (QED) is 0.149. The molecule has 11 nitrogen and oxygen atoms in total. The van der Waals surface area contributed by atoms with E-state index in [2.05, 4.69) is 0 Å². The zero-order chi connectivity index (χ0) is 28.8. The van der Waals surface area contributed by atoms with Gasteiger partial charge in [-0.1, -0.05) is 6.92 Å². The van der Waals surface area contributed by atoms with Crippen molar-refractivity contribution in [2.75, 3.05) is 6.61 Å². The molecule has 2 aliphatic heterocycles. The number of aliphatic hydroxyl groups is 6. The SMILES string of the molecule is C[C@@H]1O[C@@H](O[C@H]2CCC3(C=O)C4CC(O)C5(C)C(C6=CC(=O)OC6)CCC5(O)C4CCC3(O)C2)[C@H](O)[C@H](O)[C@H]1O. The number of hydrogen-bond acceptors (Lipinski definition) is 11. The van der Waals surface area contributed by atoms with Crippen LogP contribution >= 0.6 is 0 Å². The molecule has 1 saturated heterocycles. The standard InChI is InChI=1S/C29H42O11/c1-14-22(33)23(34)24(35)25(39-14)40-16-3-6-27(13-30)19-10-20(31)26(2)17(15-9-21(32)38-12-15)5-8-29(26,37)18(19)4-7-28(27,36)11-16/h9,13-14,16-20,22-25,31,33-37H,3-8,10-12H2,1-2H3/t14-,16-,17?,18?,19?,20?,22-,23+,24+,25-,26?,27?,28?,29?/m0/s1. The van der Waals surface area contributed by atoms with Gasteiger partial charge in [0, 0.05) is 17.9 Å². The van der Waals surface area contributed by atoms with Crippen molar-refractivity contribution in [3.63, 3.8) is 0 Å². The van der Waals surface area contributed by atoms with Crippen LogP contribution in [0.1, 0.15) is 65.2 Å². The number of esters is 1. The third kappa shape index (κ3) is 3.71. The largest absolute Gasteiger partial charge is 0.458 e. The van der Waals surface area contributed by atoms with Crippen LogP contribution in [0.15, 0.2) is 11.6 Å². The summed E-state index contributed by atoms with van der Waals surface area (Å²) in [4.78, 5) is 24.8. The van der Waals surface area contributed by atoms with E-state index in [4.69, 9.17) is 14.2 Å². The molecule has 11 heteroatoms. The van der Waals surface area contributed by atoms with Crippen LogP contribution in [0.2, 0.25) is 0 Å². The second-order valence-corrected chi connectivity index (χ2v) is 13.5. The minimum absolute atomic E-state index is 0.0926. The second-order valence-electron chi connectivity index (χ2n) is 13.5. The van der Waals surface area contributed by atoms with E-state index in [1.807, 2.05) is 6.92 Å². The van der Waals surface area contributed by atoms with Crippen LogP contribution in [-0.2, 0) is 23.8 Å². The Balaban J connectivity index is 1.25. The van der Waals surface area contributed by atoms with Gasteiger partial charge < -0.3 is 49.6 Å². The third-order valence-corrected chi connectivity index (χ3v) is 12.1. The number of aliphatic hydroxyl groups excluding tert-OH is 4. The molecule has 4 aliphatic carbocycles. The fourth-order valence-electron chi connectivity index (χ4n) is 9.74. The molecule has 14 atom stereocenters. The summed E-state index contributed by atoms with van der Waals surface area (Å²) in [6, 6.07) is 0. The van der Waals surface area contributed by atoms with Crippen LogP contribution in [0.5, 0.6) is 0 Å². The summed E-state index contributed by atoms with van der Waals surface area (Å²) in [5.41, 5.74) is -4.09. The van der Waals surface area contributed by atoms with Crippen molar-refractivity contribution in [1.29, 1.82) is 0 Å². The van der Waals surface area contributed by atoms with Crippen molar-refractivity contribution in [2.24, 2.45) is 28.6 Å². The van der Waals surface area contributed by atoms with Crippen LogP contribution in [0.4, 0.5) is 0 Å². The van der Waals surface area contributed by atoms with Crippen LogP contribution in [0, 0.1) is 28.6 Å². The number of cyclic esters (lactones) is 1. The van der Waals surface area contributed by atoms with Gasteiger partial charge in [-0.3, -0.25) is 0 Å². The molecule has 0 aromatic carbocycles. The number of carbonyl (C=O) groups excluding carboxylic acids is 2. The van der Waals surface area contributed by atoms with Crippen LogP contribution in [0.25, 0.3) is 0 Å². The molecule has 0 aromatic rings. The predicted octanol–water partition coefficient (Wildman–Crippen LogP) is -0.279. The molecule has 5 fully saturated rings. The zero-order valence-corrected chi connectivity index (χ0v) is 23.0. The highest BCUT2D eigenvalue weighted by Crippen LogP contribution is 2.70. The number of rotatable bonds is 4. The number of hydrogen-bond donors (Lipinski definition) is 6. The van der Waals surface area contributed by atoms with E-state index >= 15 is 0 Å². The van der Waals surface area contributed by atoms with E-state index in [9.17, 15) is 40.2 Å². The van der Waals surface area contributed by atoms with Crippen molar-refractivity contribution in [2.45, 2.75) is 119 Å². The van der Waals surface area contributed by atoms with Crippen molar-refractivity contribution in [1.82, 2.24) is 0 Å². The van der Waals surface area contributed by atoms with E-state index in [0.29, 0.717) is 25.7 Å². The van der Waals surface area contributed by atoms with Gasteiger partial charge in [0.05, 0.1) is 34.9 Å². The Bertz CT molecular complexity index is 1080. The summed E-state index contributed by atoms with van der Waals surface area (Å²) in [6.45, 7) is 3.61. The summed E-state index contributed by atoms with van der Waals surface area (Å²) < 4.78 is 16.8. The molecule has 40 heavy (non-hydrogen) atoms. The third-order valence-electron chi connectivity index (χ3n) is 12.1. The Morgan fingerprint density at radius 2 is 1.75 bits per heavy atom. The molecule has 0 aromatic heterocycles. The Labute approximate surface area is 233 Å². The molecule has 0 amide bonds. The van der Waals surface area contributed by atoms with Gasteiger partial charge in [0.2, 0.25) is 0 Å². The summed E-state index contributed by atoms with van der Waals surface area (Å²) in [7, 11) is 0. The Morgan fingerprint density at radius 3 is 2.42 bits per heavy atom. The topological polar surface area (TPSA) is 183 Å². The van der Waals surface area contributed by atoms with E-state index in [1.165, 1.54) is 6.08 Å². The lowest BCUT2D eigenvalue weighted by Crippen LogP contribution is -2.71. The normalized spacial score (nSPS) is 56.0. The second kappa shape index (κ2) is 9.54. The minimum Gasteiger partial charge on any atom is -0.458 e. The molecule has 4 saturated carbocycles. The fourth-order valence-corrected chi connectivity index (χ4v) is 9.74. The highest BCUT2D eigenvalue weighted by atomic mass is 16.7. The Morgan fingerprint density at radius 1 is 1.00 bits per heavy atom. The molecule has 6 N–H and O–H groups in total. The van der Waals surface area contributed by atoms with Gasteiger partial charge in [-0.25, -0.2) is 4.79 Å². The number of aldehydes is 1. The summed E-state index contributed by atoms with van der Waals surface area (Å²) in [5.74, 6) is -1.42. The first-order chi connectivity index (χ1) is 18.8. The smallest absolute Gasteiger partial charge is 0.331 e. The highest BCUT2D eigenvalue weighted by Gasteiger charge is 2.74. The molecule has 0 spiro atoms. The van der Waals surface area contributed by atoms with E-state index in [1.54, 1.807) is 6.92 Å². The first kappa shape index (κ1) is 28.7. The van der Waals surface area contributed by atoms with Gasteiger partial charge in [-0.2, -0.15) is 0 Å². The molecule has 8 unspecified atom stereocenters. The minimum atomic E-state index is -1.47. The number of carbonyl (C=O) groups is 2. The zero-order valence-electron chi connectivity index (χ0n) is 23.0. The molecule has 224 valence electrons. The van der Waals surface area contributed by atoms with Crippen LogP contribution in [0.3, 0.4) is 0 Å². The highest BCUT2D eigenvalue weighted by molar-refractivity contribution is 5.85. The first-order valence-electron chi connectivity index (χ1n) is 14.6. The molecule has 6 rings (SSSR count). The van der Waals surface area contributed by atoms with Gasteiger partial charge in [0.1, 0.15) is 31.2 Å². The van der Waals surface area contributed by atoms with Crippen molar-refractivity contribution < 1.29 is 54.4 Å². The van der Waals surface area contributed by atoms with Crippen molar-refractivity contribution in [3.05, 3.63) is 11.6 Å². The van der Waals surface area contributed by atoms with Gasteiger partial charge in [0.25, 0.3) is 0 Å². The molecule has 6 aliphatic rings. The lowest BCUT2D eigenvalue weighted by Gasteiger charge is -2.66. The summed E-state index contributed by atoms with van der Waals surface area (Å²) in [5, 5.41) is 66.7. The number of ether oxygens (including phenoxy) is 3. The van der Waals surface area contributed by atoms with Crippen LogP contribution < -0.4 is 0 Å². The van der Waals surface area contributed by atoms with E-state index < -0.39 is 76.8 Å². The van der Waals surface area contributed by atoms with Gasteiger partial charge in [-0.15, -0.1) is 0 Å². The van der Waals surface area contributed by atoms with Crippen LogP contribution in [-0.4, -0.2) is 104 Å². The lowest BCUT2D eigenvalue weighted by molar-refractivity contribution is -0.319. The van der Waals surface area contributed by atoms with E-state index in [0.717, 1.165) is 11.9 Å². The molecule has 2 heterocycles. The van der Waals surface area contributed by atoms with Crippen molar-refractivity contribution >= 4 is 12.3 Å². The van der Waals surface area contributed by atoms with Gasteiger partial charge >= 0.3 is 5.97 Å². The average molecular weight is 567 g/mol. The molecule has 0 bridgehead atoms. The summed E-state index contributed by atoms with van der Waals surface area (Å²) in [6.07, 6.45) is -2.70. The maximum absolute atomic E-state index is 13.0. The molecule has 0 radical (unpaired) electrons. The van der Waals surface area contributed by atoms with Gasteiger partial charge in [-0.05, 0) is 75.2 Å². The van der Waals surface area contributed by atoms with E-state index in [-0.39, 0.29) is 44.1 Å². The molecular formula is C29H42O11.